The standard InChI is InChI=1S/C16H19N3O2/c1-16(2,15(17)20)19-11-12-3-5-13(6-4-12)21-14-7-9-18-10-8-14/h3-10,19H,11H2,1-2H3,(H2,17,20). The van der Waals surface area contributed by atoms with Crippen LogP contribution in [0.4, 0.5) is 0 Å². The number of carbonyl (C=O) groups is 1. The summed E-state index contributed by atoms with van der Waals surface area (Å²) < 4.78 is 5.68. The summed E-state index contributed by atoms with van der Waals surface area (Å²) in [6.07, 6.45) is 3.36. The maximum Gasteiger partial charge on any atom is 0.237 e. The summed E-state index contributed by atoms with van der Waals surface area (Å²) in [5.74, 6) is 1.12. The molecule has 0 aliphatic heterocycles. The van der Waals surface area contributed by atoms with Gasteiger partial charge >= 0.3 is 0 Å². The molecule has 110 valence electrons. The first-order chi connectivity index (χ1) is 9.97. The second-order valence-corrected chi connectivity index (χ2v) is 5.27. The Kier molecular flexibility index (Phi) is 4.55. The van der Waals surface area contributed by atoms with E-state index >= 15 is 0 Å². The average molecular weight is 285 g/mol. The Morgan fingerprint density at radius 1 is 1.14 bits per heavy atom. The molecule has 1 heterocycles. The molecule has 5 nitrogen and oxygen atoms in total. The molecule has 0 fully saturated rings. The van der Waals surface area contributed by atoms with Crippen molar-refractivity contribution in [3.63, 3.8) is 0 Å². The lowest BCUT2D eigenvalue weighted by molar-refractivity contribution is -0.123. The van der Waals surface area contributed by atoms with E-state index in [1.807, 2.05) is 24.3 Å². The molecular weight excluding hydrogens is 266 g/mol. The van der Waals surface area contributed by atoms with E-state index in [9.17, 15) is 4.79 Å². The lowest BCUT2D eigenvalue weighted by Crippen LogP contribution is -2.50. The largest absolute Gasteiger partial charge is 0.457 e. The van der Waals surface area contributed by atoms with Crippen LogP contribution in [0.1, 0.15) is 19.4 Å². The van der Waals surface area contributed by atoms with Crippen molar-refractivity contribution in [3.05, 3.63) is 54.4 Å². The van der Waals surface area contributed by atoms with Gasteiger partial charge in [0.2, 0.25) is 5.91 Å². The van der Waals surface area contributed by atoms with Crippen LogP contribution >= 0.6 is 0 Å². The highest BCUT2D eigenvalue weighted by Gasteiger charge is 2.23. The molecule has 1 amide bonds. The zero-order chi connectivity index (χ0) is 15.3. The monoisotopic (exact) mass is 285 g/mol. The number of nitrogens with zero attached hydrogens (tertiary/aromatic N) is 1. The van der Waals surface area contributed by atoms with E-state index in [4.69, 9.17) is 10.5 Å². The van der Waals surface area contributed by atoms with Crippen molar-refractivity contribution in [1.82, 2.24) is 10.3 Å². The third-order valence-electron chi connectivity index (χ3n) is 3.16. The quantitative estimate of drug-likeness (QED) is 0.853. The summed E-state index contributed by atoms with van der Waals surface area (Å²) in [6, 6.07) is 11.3. The molecule has 21 heavy (non-hydrogen) atoms. The number of hydrogen-bond donors (Lipinski definition) is 2. The summed E-state index contributed by atoms with van der Waals surface area (Å²) in [7, 11) is 0. The number of carbonyl (C=O) groups excluding carboxylic acids is 1. The lowest BCUT2D eigenvalue weighted by Gasteiger charge is -2.22. The van der Waals surface area contributed by atoms with Gasteiger partial charge in [0.15, 0.2) is 0 Å². The molecule has 0 saturated heterocycles. The predicted molar refractivity (Wildman–Crippen MR) is 80.9 cm³/mol. The highest BCUT2D eigenvalue weighted by Crippen LogP contribution is 2.20. The van der Waals surface area contributed by atoms with E-state index in [1.165, 1.54) is 0 Å². The second kappa shape index (κ2) is 6.37. The van der Waals surface area contributed by atoms with Crippen molar-refractivity contribution < 1.29 is 9.53 Å². The number of benzene rings is 1. The maximum absolute atomic E-state index is 11.2. The van der Waals surface area contributed by atoms with E-state index in [0.717, 1.165) is 17.1 Å². The minimum Gasteiger partial charge on any atom is -0.457 e. The van der Waals surface area contributed by atoms with Gasteiger partial charge in [-0.2, -0.15) is 0 Å². The number of nitrogens with two attached hydrogens (primary N) is 1. The number of hydrogen-bond acceptors (Lipinski definition) is 4. The van der Waals surface area contributed by atoms with E-state index in [2.05, 4.69) is 10.3 Å². The molecule has 0 bridgehead atoms. The summed E-state index contributed by atoms with van der Waals surface area (Å²) in [5.41, 5.74) is 5.64. The van der Waals surface area contributed by atoms with Gasteiger partial charge in [0.1, 0.15) is 11.5 Å². The molecule has 0 unspecified atom stereocenters. The van der Waals surface area contributed by atoms with Gasteiger partial charge in [0.05, 0.1) is 5.54 Å². The first kappa shape index (κ1) is 15.0. The topological polar surface area (TPSA) is 77.2 Å². The molecule has 0 aliphatic carbocycles. The molecule has 0 spiro atoms. The molecule has 0 saturated carbocycles. The number of nitrogens with one attached hydrogen (secondary N) is 1. The number of rotatable bonds is 6. The number of aromatic nitrogens is 1. The van der Waals surface area contributed by atoms with Crippen molar-refractivity contribution in [2.45, 2.75) is 25.9 Å². The molecule has 0 radical (unpaired) electrons. The number of primary amides is 1. The SMILES string of the molecule is CC(C)(NCc1ccc(Oc2ccncc2)cc1)C(N)=O. The normalized spacial score (nSPS) is 11.1. The van der Waals surface area contributed by atoms with E-state index < -0.39 is 5.54 Å². The van der Waals surface area contributed by atoms with E-state index in [-0.39, 0.29) is 5.91 Å². The number of pyridine rings is 1. The molecule has 0 atom stereocenters. The van der Waals surface area contributed by atoms with Crippen LogP contribution in [-0.2, 0) is 11.3 Å². The van der Waals surface area contributed by atoms with Gasteiger partial charge in [0.25, 0.3) is 0 Å². The number of ether oxygens (including phenoxy) is 1. The fraction of sp³-hybridized carbons (Fsp3) is 0.250. The first-order valence-corrected chi connectivity index (χ1v) is 6.69. The molecule has 2 rings (SSSR count). The third-order valence-corrected chi connectivity index (χ3v) is 3.16. The number of amides is 1. The van der Waals surface area contributed by atoms with Crippen LogP contribution < -0.4 is 15.8 Å². The van der Waals surface area contributed by atoms with Gasteiger partial charge in [-0.05, 0) is 43.7 Å². The molecule has 0 aliphatic rings. The zero-order valence-electron chi connectivity index (χ0n) is 12.2. The van der Waals surface area contributed by atoms with Crippen LogP contribution in [0, 0.1) is 0 Å². The van der Waals surface area contributed by atoms with Crippen molar-refractivity contribution in [3.8, 4) is 11.5 Å². The molecule has 1 aromatic carbocycles. The fourth-order valence-electron chi connectivity index (χ4n) is 1.63. The maximum atomic E-state index is 11.2. The second-order valence-electron chi connectivity index (χ2n) is 5.27. The Bertz CT molecular complexity index is 595. The van der Waals surface area contributed by atoms with E-state index in [0.29, 0.717) is 6.54 Å². The highest BCUT2D eigenvalue weighted by molar-refractivity contribution is 5.83. The van der Waals surface area contributed by atoms with Gasteiger partial charge in [-0.1, -0.05) is 12.1 Å². The van der Waals surface area contributed by atoms with Crippen LogP contribution in [0.2, 0.25) is 0 Å². The summed E-state index contributed by atoms with van der Waals surface area (Å²) >= 11 is 0. The van der Waals surface area contributed by atoms with Crippen LogP contribution in [0.5, 0.6) is 11.5 Å². The molecule has 1 aromatic heterocycles. The minimum absolute atomic E-state index is 0.375. The minimum atomic E-state index is -0.730. The summed E-state index contributed by atoms with van der Waals surface area (Å²) in [5, 5.41) is 3.12. The highest BCUT2D eigenvalue weighted by atomic mass is 16.5. The fourth-order valence-corrected chi connectivity index (χ4v) is 1.63. The third kappa shape index (κ3) is 4.29. The van der Waals surface area contributed by atoms with Crippen LogP contribution in [0.25, 0.3) is 0 Å². The van der Waals surface area contributed by atoms with E-state index in [1.54, 1.807) is 38.4 Å². The van der Waals surface area contributed by atoms with Gasteiger partial charge in [0, 0.05) is 18.9 Å². The van der Waals surface area contributed by atoms with Crippen molar-refractivity contribution in [2.24, 2.45) is 5.73 Å². The van der Waals surface area contributed by atoms with Gasteiger partial charge < -0.3 is 10.5 Å². The Balaban J connectivity index is 1.95. The Hall–Kier alpha value is -2.40. The van der Waals surface area contributed by atoms with Crippen LogP contribution in [-0.4, -0.2) is 16.4 Å². The van der Waals surface area contributed by atoms with Gasteiger partial charge in [-0.25, -0.2) is 0 Å². The Morgan fingerprint density at radius 3 is 2.29 bits per heavy atom. The van der Waals surface area contributed by atoms with Crippen molar-refractivity contribution in [1.29, 1.82) is 0 Å². The summed E-state index contributed by atoms with van der Waals surface area (Å²) in [4.78, 5) is 15.2. The molecule has 5 heteroatoms. The smallest absolute Gasteiger partial charge is 0.237 e. The molecular formula is C16H19N3O2. The predicted octanol–water partition coefficient (Wildman–Crippen LogP) is 2.23. The Morgan fingerprint density at radius 2 is 1.71 bits per heavy atom. The van der Waals surface area contributed by atoms with Crippen molar-refractivity contribution >= 4 is 5.91 Å². The van der Waals surface area contributed by atoms with Crippen molar-refractivity contribution in [2.75, 3.05) is 0 Å². The zero-order valence-corrected chi connectivity index (χ0v) is 12.2. The molecule has 3 N–H and O–H groups in total. The van der Waals surface area contributed by atoms with Gasteiger partial charge in [-0.3, -0.25) is 15.1 Å². The van der Waals surface area contributed by atoms with Gasteiger partial charge in [-0.15, -0.1) is 0 Å². The van der Waals surface area contributed by atoms with Crippen LogP contribution in [0.15, 0.2) is 48.8 Å². The average Bonchev–Trinajstić information content (AvgIpc) is 2.47. The Labute approximate surface area is 124 Å². The van der Waals surface area contributed by atoms with Crippen LogP contribution in [0.3, 0.4) is 0 Å². The lowest BCUT2D eigenvalue weighted by atomic mass is 10.0. The summed E-state index contributed by atoms with van der Waals surface area (Å²) in [6.45, 7) is 4.08. The molecule has 2 aromatic rings. The first-order valence-electron chi connectivity index (χ1n) is 6.69.